The predicted octanol–water partition coefficient (Wildman–Crippen LogP) is 3.78. The lowest BCUT2D eigenvalue weighted by atomic mass is 10.1. The van der Waals surface area contributed by atoms with Crippen LogP contribution in [-0.4, -0.2) is 47.7 Å². The third-order valence-electron chi connectivity index (χ3n) is 3.87. The molecule has 2 aromatic rings. The highest BCUT2D eigenvalue weighted by Crippen LogP contribution is 2.42. The van der Waals surface area contributed by atoms with Crippen LogP contribution in [0, 0.1) is 0 Å². The van der Waals surface area contributed by atoms with E-state index in [9.17, 15) is 10.0 Å². The van der Waals surface area contributed by atoms with Gasteiger partial charge in [-0.05, 0) is 32.0 Å². The second kappa shape index (κ2) is 8.03. The maximum Gasteiger partial charge on any atom is 0.347 e. The lowest BCUT2D eigenvalue weighted by molar-refractivity contribution is -0.114. The normalized spacial score (nSPS) is 18.7. The van der Waals surface area contributed by atoms with E-state index >= 15 is 0 Å². The number of pyridine rings is 1. The van der Waals surface area contributed by atoms with E-state index in [2.05, 4.69) is 15.4 Å². The maximum absolute atomic E-state index is 12.5. The number of rotatable bonds is 4. The third-order valence-corrected chi connectivity index (χ3v) is 5.41. The molecule has 1 unspecified atom stereocenters. The van der Waals surface area contributed by atoms with Crippen LogP contribution in [0.2, 0.25) is 0 Å². The van der Waals surface area contributed by atoms with Crippen LogP contribution < -0.4 is 5.32 Å². The van der Waals surface area contributed by atoms with E-state index in [1.165, 1.54) is 16.8 Å². The second-order valence-electron chi connectivity index (χ2n) is 6.36. The van der Waals surface area contributed by atoms with Gasteiger partial charge >= 0.3 is 6.03 Å². The Balaban J connectivity index is 1.81. The Labute approximate surface area is 167 Å². The zero-order valence-electron chi connectivity index (χ0n) is 14.8. The molecule has 2 heterocycles. The molecule has 9 heteroatoms. The molecule has 140 valence electrons. The molecule has 2 N–H and O–H groups in total. The van der Waals surface area contributed by atoms with E-state index in [0.29, 0.717) is 15.1 Å². The lowest BCUT2D eigenvalue weighted by Gasteiger charge is -2.34. The number of hydroxylamine groups is 2. The van der Waals surface area contributed by atoms with Gasteiger partial charge in [-0.25, -0.2) is 9.80 Å². The molecule has 1 aliphatic heterocycles. The van der Waals surface area contributed by atoms with Gasteiger partial charge in [-0.2, -0.15) is 10.2 Å². The van der Waals surface area contributed by atoms with Gasteiger partial charge in [0.1, 0.15) is 0 Å². The Morgan fingerprint density at radius 3 is 2.78 bits per heavy atom. The SMILES string of the molecule is CC1(C)SC(=S)N(N=Cc2cccnc2)C1N(O)C(=O)Nc1ccccc1. The molecular weight excluding hydrogens is 382 g/mol. The molecule has 2 amide bonds. The fourth-order valence-electron chi connectivity index (χ4n) is 2.62. The van der Waals surface area contributed by atoms with Crippen LogP contribution in [0.1, 0.15) is 19.4 Å². The number of thioether (sulfide) groups is 1. The summed E-state index contributed by atoms with van der Waals surface area (Å²) in [5, 5.41) is 19.8. The fourth-order valence-corrected chi connectivity index (χ4v) is 4.41. The average molecular weight is 402 g/mol. The molecule has 1 atom stereocenters. The van der Waals surface area contributed by atoms with Gasteiger partial charge in [0.2, 0.25) is 0 Å². The number of urea groups is 1. The topological polar surface area (TPSA) is 81.1 Å². The van der Waals surface area contributed by atoms with E-state index in [1.807, 2.05) is 26.0 Å². The number of carbonyl (C=O) groups is 1. The summed E-state index contributed by atoms with van der Waals surface area (Å²) in [6.45, 7) is 3.79. The molecule has 1 aromatic carbocycles. The van der Waals surface area contributed by atoms with Gasteiger partial charge in [0.15, 0.2) is 10.5 Å². The fraction of sp³-hybridized carbons (Fsp3) is 0.222. The Morgan fingerprint density at radius 2 is 2.11 bits per heavy atom. The van der Waals surface area contributed by atoms with Crippen LogP contribution >= 0.6 is 24.0 Å². The van der Waals surface area contributed by atoms with Crippen LogP contribution in [0.5, 0.6) is 0 Å². The van der Waals surface area contributed by atoms with Crippen molar-refractivity contribution in [2.45, 2.75) is 24.8 Å². The number of nitrogens with one attached hydrogen (secondary N) is 1. The van der Waals surface area contributed by atoms with Crippen molar-refractivity contribution in [1.29, 1.82) is 0 Å². The van der Waals surface area contributed by atoms with Gasteiger partial charge < -0.3 is 5.32 Å². The first-order chi connectivity index (χ1) is 12.9. The first kappa shape index (κ1) is 19.3. The number of aromatic nitrogens is 1. The first-order valence-corrected chi connectivity index (χ1v) is 9.41. The number of anilines is 1. The van der Waals surface area contributed by atoms with Crippen molar-refractivity contribution in [2.24, 2.45) is 5.10 Å². The number of nitrogens with zero attached hydrogens (tertiary/aromatic N) is 4. The molecule has 1 fully saturated rings. The molecule has 7 nitrogen and oxygen atoms in total. The van der Waals surface area contributed by atoms with Crippen molar-refractivity contribution in [2.75, 3.05) is 5.32 Å². The molecular formula is C18H19N5O2S2. The highest BCUT2D eigenvalue weighted by Gasteiger charge is 2.50. The molecule has 27 heavy (non-hydrogen) atoms. The van der Waals surface area contributed by atoms with Gasteiger partial charge in [-0.15, -0.1) is 0 Å². The summed E-state index contributed by atoms with van der Waals surface area (Å²) >= 11 is 6.78. The number of para-hydroxylation sites is 1. The minimum atomic E-state index is -0.772. The molecule has 3 rings (SSSR count). The summed E-state index contributed by atoms with van der Waals surface area (Å²) in [5.41, 5.74) is 1.37. The van der Waals surface area contributed by atoms with Crippen LogP contribution in [0.4, 0.5) is 10.5 Å². The highest BCUT2D eigenvalue weighted by molar-refractivity contribution is 8.24. The highest BCUT2D eigenvalue weighted by atomic mass is 32.2. The minimum absolute atomic E-state index is 0.469. The molecule has 0 bridgehead atoms. The number of carbonyl (C=O) groups excluding carboxylic acids is 1. The zero-order chi connectivity index (χ0) is 19.4. The first-order valence-electron chi connectivity index (χ1n) is 8.19. The van der Waals surface area contributed by atoms with Crippen molar-refractivity contribution < 1.29 is 10.0 Å². The van der Waals surface area contributed by atoms with Gasteiger partial charge in [0.05, 0.1) is 11.0 Å². The van der Waals surface area contributed by atoms with E-state index in [4.69, 9.17) is 12.2 Å². The van der Waals surface area contributed by atoms with Crippen molar-refractivity contribution >= 4 is 46.2 Å². The average Bonchev–Trinajstić information content (AvgIpc) is 2.88. The summed E-state index contributed by atoms with van der Waals surface area (Å²) in [4.78, 5) is 16.6. The minimum Gasteiger partial charge on any atom is -0.306 e. The molecule has 0 saturated carbocycles. The lowest BCUT2D eigenvalue weighted by Crippen LogP contribution is -2.54. The van der Waals surface area contributed by atoms with E-state index in [-0.39, 0.29) is 0 Å². The van der Waals surface area contributed by atoms with Crippen molar-refractivity contribution in [3.8, 4) is 0 Å². The van der Waals surface area contributed by atoms with Gasteiger partial charge in [0.25, 0.3) is 0 Å². The van der Waals surface area contributed by atoms with Crippen LogP contribution in [0.15, 0.2) is 60.0 Å². The molecule has 0 aliphatic carbocycles. The quantitative estimate of drug-likeness (QED) is 0.351. The molecule has 1 aromatic heterocycles. The summed E-state index contributed by atoms with van der Waals surface area (Å²) in [5.74, 6) is 0. The summed E-state index contributed by atoms with van der Waals surface area (Å²) in [6.07, 6.45) is 4.15. The van der Waals surface area contributed by atoms with E-state index < -0.39 is 16.9 Å². The van der Waals surface area contributed by atoms with Gasteiger partial charge in [-0.1, -0.05) is 48.2 Å². The Morgan fingerprint density at radius 1 is 1.37 bits per heavy atom. The summed E-state index contributed by atoms with van der Waals surface area (Å²) in [7, 11) is 0. The van der Waals surface area contributed by atoms with E-state index in [1.54, 1.807) is 48.9 Å². The number of hydrazone groups is 1. The van der Waals surface area contributed by atoms with Crippen molar-refractivity contribution in [3.63, 3.8) is 0 Å². The number of thiocarbonyl (C=S) groups is 1. The van der Waals surface area contributed by atoms with Crippen molar-refractivity contribution in [1.82, 2.24) is 15.1 Å². The standard InChI is InChI=1S/C18H19N5O2S2/c1-18(2)15(23(25)16(24)21-14-8-4-3-5-9-14)22(17(26)27-18)20-12-13-7-6-10-19-11-13/h3-12,15,25H,1-2H3,(H,21,24). The number of amides is 2. The van der Waals surface area contributed by atoms with Gasteiger partial charge in [0, 0.05) is 23.6 Å². The maximum atomic E-state index is 12.5. The van der Waals surface area contributed by atoms with E-state index in [0.717, 1.165) is 5.56 Å². The van der Waals surface area contributed by atoms with Gasteiger partial charge in [-0.3, -0.25) is 10.2 Å². The molecule has 0 radical (unpaired) electrons. The predicted molar refractivity (Wildman–Crippen MR) is 111 cm³/mol. The third kappa shape index (κ3) is 4.44. The molecule has 0 spiro atoms. The smallest absolute Gasteiger partial charge is 0.306 e. The van der Waals surface area contributed by atoms with Crippen molar-refractivity contribution in [3.05, 3.63) is 60.4 Å². The van der Waals surface area contributed by atoms with Crippen LogP contribution in [0.25, 0.3) is 0 Å². The largest absolute Gasteiger partial charge is 0.347 e. The summed E-state index contributed by atoms with van der Waals surface area (Å²) in [6, 6.07) is 11.9. The zero-order valence-corrected chi connectivity index (χ0v) is 16.4. The van der Waals surface area contributed by atoms with Crippen LogP contribution in [0.3, 0.4) is 0 Å². The number of hydrogen-bond donors (Lipinski definition) is 2. The monoisotopic (exact) mass is 401 g/mol. The Kier molecular flexibility index (Phi) is 5.73. The second-order valence-corrected chi connectivity index (χ2v) is 8.65. The Hall–Kier alpha value is -2.49. The molecule has 1 saturated heterocycles. The van der Waals surface area contributed by atoms with Crippen LogP contribution in [-0.2, 0) is 0 Å². The number of hydrogen-bond acceptors (Lipinski definition) is 6. The summed E-state index contributed by atoms with van der Waals surface area (Å²) < 4.78 is -0.0942. The number of benzene rings is 1. The molecule has 1 aliphatic rings. The Bertz CT molecular complexity index is 845.